The lowest BCUT2D eigenvalue weighted by Crippen LogP contribution is -2.55. The van der Waals surface area contributed by atoms with Crippen LogP contribution < -0.4 is 15.0 Å². The van der Waals surface area contributed by atoms with Crippen molar-refractivity contribution >= 4 is 18.4 Å². The zero-order valence-corrected chi connectivity index (χ0v) is 15.7. The maximum atomic E-state index is 6.06. The molecule has 1 spiro atoms. The summed E-state index contributed by atoms with van der Waals surface area (Å²) in [6, 6.07) is 5.55. The molecule has 4 heterocycles. The van der Waals surface area contributed by atoms with Crippen LogP contribution in [0, 0.1) is 6.92 Å². The van der Waals surface area contributed by atoms with Gasteiger partial charge in [-0.1, -0.05) is 0 Å². The van der Waals surface area contributed by atoms with Gasteiger partial charge in [0.25, 0.3) is 0 Å². The summed E-state index contributed by atoms with van der Waals surface area (Å²) >= 11 is 0. The summed E-state index contributed by atoms with van der Waals surface area (Å²) < 4.78 is 11.9. The van der Waals surface area contributed by atoms with E-state index in [4.69, 9.17) is 9.47 Å². The second-order valence-electron chi connectivity index (χ2n) is 6.63. The number of hydrogen-bond acceptors (Lipinski definition) is 7. The van der Waals surface area contributed by atoms with E-state index in [1.54, 1.807) is 12.4 Å². The second-order valence-corrected chi connectivity index (χ2v) is 6.63. The molecule has 2 aliphatic heterocycles. The Bertz CT molecular complexity index is 715. The molecule has 0 amide bonds. The van der Waals surface area contributed by atoms with E-state index in [1.807, 2.05) is 25.1 Å². The van der Waals surface area contributed by atoms with Crippen molar-refractivity contribution < 1.29 is 9.47 Å². The maximum absolute atomic E-state index is 6.06. The van der Waals surface area contributed by atoms with Crippen LogP contribution in [-0.2, 0) is 4.74 Å². The monoisotopic (exact) mass is 377 g/mol. The van der Waals surface area contributed by atoms with E-state index in [2.05, 4.69) is 25.2 Å². The van der Waals surface area contributed by atoms with E-state index in [0.29, 0.717) is 11.6 Å². The summed E-state index contributed by atoms with van der Waals surface area (Å²) in [5.41, 5.74) is 0.868. The van der Waals surface area contributed by atoms with Crippen LogP contribution in [0.1, 0.15) is 18.5 Å². The largest absolute Gasteiger partial charge is 0.437 e. The van der Waals surface area contributed by atoms with Gasteiger partial charge in [-0.2, -0.15) is 4.98 Å². The molecule has 2 aliphatic rings. The van der Waals surface area contributed by atoms with Gasteiger partial charge < -0.3 is 19.7 Å². The molecule has 8 heteroatoms. The lowest BCUT2D eigenvalue weighted by molar-refractivity contribution is -0.0801. The van der Waals surface area contributed by atoms with Crippen LogP contribution in [0.25, 0.3) is 0 Å². The first kappa shape index (κ1) is 18.8. The zero-order valence-electron chi connectivity index (χ0n) is 14.9. The Morgan fingerprint density at radius 2 is 2.12 bits per heavy atom. The van der Waals surface area contributed by atoms with Gasteiger partial charge in [-0.25, -0.2) is 4.98 Å². The lowest BCUT2D eigenvalue weighted by atomic mass is 9.90. The highest BCUT2D eigenvalue weighted by molar-refractivity contribution is 5.85. The molecule has 2 aromatic heterocycles. The molecule has 2 aromatic rings. The highest BCUT2D eigenvalue weighted by Crippen LogP contribution is 2.30. The van der Waals surface area contributed by atoms with Crippen molar-refractivity contribution in [2.24, 2.45) is 0 Å². The standard InChI is InChI=1S/C18H23N5O2.ClH/c1-14-11-16(25-15-3-2-6-19-12-15)22-17(21-14)23-8-4-18(5-9-23)13-20-7-10-24-18;/h2-3,6,11-12,20H,4-5,7-10,13H2,1H3;1H. The third kappa shape index (κ3) is 4.23. The van der Waals surface area contributed by atoms with Gasteiger partial charge in [-0.05, 0) is 31.9 Å². The highest BCUT2D eigenvalue weighted by atomic mass is 35.5. The number of nitrogens with zero attached hydrogens (tertiary/aromatic N) is 4. The average molecular weight is 378 g/mol. The van der Waals surface area contributed by atoms with Crippen molar-refractivity contribution in [3.63, 3.8) is 0 Å². The molecule has 2 saturated heterocycles. The molecule has 1 N–H and O–H groups in total. The molecular formula is C18H24ClN5O2. The van der Waals surface area contributed by atoms with Gasteiger partial charge in [0.1, 0.15) is 5.75 Å². The van der Waals surface area contributed by atoms with Gasteiger partial charge in [0, 0.05) is 44.1 Å². The molecule has 0 unspecified atom stereocenters. The van der Waals surface area contributed by atoms with Crippen molar-refractivity contribution in [1.29, 1.82) is 0 Å². The Balaban J connectivity index is 0.00000196. The van der Waals surface area contributed by atoms with E-state index in [9.17, 15) is 0 Å². The smallest absolute Gasteiger partial charge is 0.228 e. The van der Waals surface area contributed by atoms with Crippen LogP contribution in [0.2, 0.25) is 0 Å². The first-order valence-electron chi connectivity index (χ1n) is 8.76. The molecule has 7 nitrogen and oxygen atoms in total. The van der Waals surface area contributed by atoms with Gasteiger partial charge in [-0.3, -0.25) is 4.98 Å². The summed E-state index contributed by atoms with van der Waals surface area (Å²) in [5.74, 6) is 1.94. The number of piperidine rings is 1. The number of pyridine rings is 1. The topological polar surface area (TPSA) is 72.4 Å². The van der Waals surface area contributed by atoms with Crippen LogP contribution in [0.15, 0.2) is 30.6 Å². The van der Waals surface area contributed by atoms with Crippen LogP contribution in [0.3, 0.4) is 0 Å². The van der Waals surface area contributed by atoms with E-state index in [-0.39, 0.29) is 18.0 Å². The van der Waals surface area contributed by atoms with Crippen LogP contribution in [-0.4, -0.2) is 53.3 Å². The second kappa shape index (κ2) is 8.16. The first-order chi connectivity index (χ1) is 12.2. The maximum Gasteiger partial charge on any atom is 0.228 e. The Morgan fingerprint density at radius 1 is 1.27 bits per heavy atom. The molecule has 0 aromatic carbocycles. The molecular weight excluding hydrogens is 354 g/mol. The number of hydrogen-bond donors (Lipinski definition) is 1. The van der Waals surface area contributed by atoms with E-state index >= 15 is 0 Å². The van der Waals surface area contributed by atoms with E-state index in [0.717, 1.165) is 57.3 Å². The number of aromatic nitrogens is 3. The number of ether oxygens (including phenoxy) is 2. The third-order valence-electron chi connectivity index (χ3n) is 4.77. The Kier molecular flexibility index (Phi) is 5.90. The Morgan fingerprint density at radius 3 is 2.81 bits per heavy atom. The highest BCUT2D eigenvalue weighted by Gasteiger charge is 2.37. The number of nitrogens with one attached hydrogen (secondary N) is 1. The summed E-state index contributed by atoms with van der Waals surface area (Å²) in [5, 5.41) is 3.44. The molecule has 0 atom stereocenters. The predicted molar refractivity (Wildman–Crippen MR) is 101 cm³/mol. The van der Waals surface area contributed by atoms with Gasteiger partial charge in [0.15, 0.2) is 0 Å². The molecule has 4 rings (SSSR count). The molecule has 140 valence electrons. The van der Waals surface area contributed by atoms with Crippen molar-refractivity contribution in [3.05, 3.63) is 36.3 Å². The minimum atomic E-state index is -0.0202. The fourth-order valence-electron chi connectivity index (χ4n) is 3.39. The van der Waals surface area contributed by atoms with Crippen molar-refractivity contribution in [2.45, 2.75) is 25.4 Å². The van der Waals surface area contributed by atoms with Crippen LogP contribution in [0.5, 0.6) is 11.6 Å². The summed E-state index contributed by atoms with van der Waals surface area (Å²) in [4.78, 5) is 15.5. The Hall–Kier alpha value is -1.96. The molecule has 0 saturated carbocycles. The minimum Gasteiger partial charge on any atom is -0.437 e. The average Bonchev–Trinajstić information content (AvgIpc) is 2.63. The van der Waals surface area contributed by atoms with Gasteiger partial charge in [0.05, 0.1) is 18.4 Å². The zero-order chi connectivity index (χ0) is 17.1. The minimum absolute atomic E-state index is 0. The number of halogens is 1. The normalized spacial score (nSPS) is 19.0. The van der Waals surface area contributed by atoms with Crippen molar-refractivity contribution in [1.82, 2.24) is 20.3 Å². The summed E-state index contributed by atoms with van der Waals surface area (Å²) in [6.45, 7) is 6.41. The summed E-state index contributed by atoms with van der Waals surface area (Å²) in [6.07, 6.45) is 5.36. The van der Waals surface area contributed by atoms with Gasteiger partial charge >= 0.3 is 0 Å². The summed E-state index contributed by atoms with van der Waals surface area (Å²) in [7, 11) is 0. The fourth-order valence-corrected chi connectivity index (χ4v) is 3.39. The molecule has 26 heavy (non-hydrogen) atoms. The van der Waals surface area contributed by atoms with E-state index in [1.165, 1.54) is 0 Å². The van der Waals surface area contributed by atoms with Crippen LogP contribution in [0.4, 0.5) is 5.95 Å². The lowest BCUT2D eigenvalue weighted by Gasteiger charge is -2.44. The van der Waals surface area contributed by atoms with Gasteiger partial charge in [-0.15, -0.1) is 12.4 Å². The fraction of sp³-hybridized carbons (Fsp3) is 0.500. The van der Waals surface area contributed by atoms with Gasteiger partial charge in [0.2, 0.25) is 11.8 Å². The predicted octanol–water partition coefficient (Wildman–Crippen LogP) is 2.35. The molecule has 0 bridgehead atoms. The third-order valence-corrected chi connectivity index (χ3v) is 4.77. The quantitative estimate of drug-likeness (QED) is 0.880. The molecule has 0 radical (unpaired) electrons. The van der Waals surface area contributed by atoms with Crippen LogP contribution >= 0.6 is 12.4 Å². The van der Waals surface area contributed by atoms with Crippen molar-refractivity contribution in [3.8, 4) is 11.6 Å². The van der Waals surface area contributed by atoms with E-state index < -0.39 is 0 Å². The number of aryl methyl sites for hydroxylation is 1. The SMILES string of the molecule is Cc1cc(Oc2cccnc2)nc(N2CCC3(CC2)CNCCO3)n1.Cl. The number of rotatable bonds is 3. The molecule has 2 fully saturated rings. The molecule has 0 aliphatic carbocycles. The number of anilines is 1. The Labute approximate surface area is 159 Å². The number of morpholine rings is 1. The first-order valence-corrected chi connectivity index (χ1v) is 8.76. The van der Waals surface area contributed by atoms with Crippen molar-refractivity contribution in [2.75, 3.05) is 37.7 Å².